The number of carbonyl (C=O) groups is 1. The number of benzene rings is 1. The Morgan fingerprint density at radius 3 is 2.53 bits per heavy atom. The molecular weight excluding hydrogens is 240 g/mol. The van der Waals surface area contributed by atoms with E-state index in [-0.39, 0.29) is 18.1 Å². The van der Waals surface area contributed by atoms with Crippen molar-refractivity contribution in [2.24, 2.45) is 0 Å². The fourth-order valence-corrected chi connectivity index (χ4v) is 2.59. The summed E-state index contributed by atoms with van der Waals surface area (Å²) in [4.78, 5) is 13.8. The number of ether oxygens (including phenoxy) is 1. The first-order valence-electron chi connectivity index (χ1n) is 6.66. The van der Waals surface area contributed by atoms with Gasteiger partial charge in [0.05, 0.1) is 13.2 Å². The molecule has 1 aromatic rings. The molecule has 1 unspecified atom stereocenters. The molecule has 1 aliphatic heterocycles. The van der Waals surface area contributed by atoms with E-state index < -0.39 is 0 Å². The van der Waals surface area contributed by atoms with Gasteiger partial charge in [0.1, 0.15) is 5.75 Å². The minimum Gasteiger partial charge on any atom is -0.496 e. The third-order valence-electron chi connectivity index (χ3n) is 3.72. The summed E-state index contributed by atoms with van der Waals surface area (Å²) in [5.41, 5.74) is 3.42. The average Bonchev–Trinajstić information content (AvgIpc) is 2.73. The van der Waals surface area contributed by atoms with Gasteiger partial charge < -0.3 is 15.0 Å². The first-order valence-corrected chi connectivity index (χ1v) is 6.66. The predicted molar refractivity (Wildman–Crippen MR) is 75.6 cm³/mol. The molecule has 19 heavy (non-hydrogen) atoms. The highest BCUT2D eigenvalue weighted by molar-refractivity contribution is 5.77. The van der Waals surface area contributed by atoms with Gasteiger partial charge in [0.2, 0.25) is 0 Å². The highest BCUT2D eigenvalue weighted by Gasteiger charge is 2.32. The molecule has 0 radical (unpaired) electrons. The molecular formula is C15H22N2O2. The van der Waals surface area contributed by atoms with Crippen LogP contribution in [0.5, 0.6) is 5.75 Å². The summed E-state index contributed by atoms with van der Waals surface area (Å²) < 4.78 is 5.33. The normalized spacial score (nSPS) is 18.9. The molecule has 4 heteroatoms. The van der Waals surface area contributed by atoms with E-state index in [4.69, 9.17) is 4.74 Å². The first kappa shape index (κ1) is 13.7. The second kappa shape index (κ2) is 5.11. The number of hydrogen-bond donors (Lipinski definition) is 1. The number of methoxy groups -OCH3 is 1. The molecule has 2 rings (SSSR count). The maximum Gasteiger partial charge on any atom is 0.318 e. The summed E-state index contributed by atoms with van der Waals surface area (Å²) in [7, 11) is 1.68. The molecule has 0 spiro atoms. The van der Waals surface area contributed by atoms with Gasteiger partial charge in [0, 0.05) is 12.6 Å². The smallest absolute Gasteiger partial charge is 0.318 e. The lowest BCUT2D eigenvalue weighted by molar-refractivity contribution is 0.206. The Labute approximate surface area is 114 Å². The van der Waals surface area contributed by atoms with Crippen molar-refractivity contribution in [1.82, 2.24) is 10.2 Å². The van der Waals surface area contributed by atoms with Gasteiger partial charge in [-0.2, -0.15) is 0 Å². The Kier molecular flexibility index (Phi) is 3.69. The molecule has 1 fully saturated rings. The molecule has 1 aliphatic rings. The van der Waals surface area contributed by atoms with Crippen LogP contribution in [0.4, 0.5) is 4.79 Å². The zero-order valence-electron chi connectivity index (χ0n) is 12.3. The summed E-state index contributed by atoms with van der Waals surface area (Å²) in [5.74, 6) is 0.895. The second-order valence-electron chi connectivity index (χ2n) is 5.43. The van der Waals surface area contributed by atoms with Gasteiger partial charge in [0.15, 0.2) is 0 Å². The third kappa shape index (κ3) is 2.53. The summed E-state index contributed by atoms with van der Waals surface area (Å²) in [6.07, 6.45) is 0. The van der Waals surface area contributed by atoms with E-state index in [1.807, 2.05) is 31.7 Å². The minimum atomic E-state index is 0.0212. The van der Waals surface area contributed by atoms with Gasteiger partial charge in [-0.3, -0.25) is 0 Å². The quantitative estimate of drug-likeness (QED) is 0.910. The molecule has 0 bridgehead atoms. The van der Waals surface area contributed by atoms with Crippen LogP contribution in [0, 0.1) is 13.8 Å². The van der Waals surface area contributed by atoms with Crippen LogP contribution in [0.2, 0.25) is 0 Å². The topological polar surface area (TPSA) is 41.6 Å². The van der Waals surface area contributed by atoms with Crippen LogP contribution in [-0.4, -0.2) is 30.6 Å². The van der Waals surface area contributed by atoms with Crippen LogP contribution in [0.1, 0.15) is 36.6 Å². The van der Waals surface area contributed by atoms with Crippen molar-refractivity contribution < 1.29 is 9.53 Å². The number of carbonyl (C=O) groups excluding carboxylic acids is 1. The molecule has 0 aliphatic carbocycles. The lowest BCUT2D eigenvalue weighted by Crippen LogP contribution is -2.33. The van der Waals surface area contributed by atoms with Gasteiger partial charge in [0.25, 0.3) is 0 Å². The molecule has 1 heterocycles. The fraction of sp³-hybridized carbons (Fsp3) is 0.533. The van der Waals surface area contributed by atoms with Crippen molar-refractivity contribution in [2.45, 2.75) is 39.8 Å². The number of urea groups is 1. The number of nitrogens with one attached hydrogen (secondary N) is 1. The summed E-state index contributed by atoms with van der Waals surface area (Å²) in [6, 6.07) is 4.47. The molecule has 104 valence electrons. The van der Waals surface area contributed by atoms with Gasteiger partial charge >= 0.3 is 6.03 Å². The maximum absolute atomic E-state index is 11.9. The Bertz CT molecular complexity index is 497. The molecule has 1 aromatic carbocycles. The van der Waals surface area contributed by atoms with Gasteiger partial charge in [-0.25, -0.2) is 4.79 Å². The van der Waals surface area contributed by atoms with Crippen LogP contribution in [0.15, 0.2) is 12.1 Å². The standard InChI is InChI=1S/C15H22N2O2/c1-9(2)17-8-13(16-15(17)18)12-6-11(4)14(19-5)7-10(12)3/h6-7,9,13H,8H2,1-5H3,(H,16,18). The van der Waals surface area contributed by atoms with E-state index in [0.717, 1.165) is 23.4 Å². The molecule has 2 amide bonds. The van der Waals surface area contributed by atoms with Gasteiger partial charge in [-0.1, -0.05) is 6.07 Å². The van der Waals surface area contributed by atoms with E-state index >= 15 is 0 Å². The van der Waals surface area contributed by atoms with Crippen LogP contribution in [0.25, 0.3) is 0 Å². The number of rotatable bonds is 3. The zero-order valence-corrected chi connectivity index (χ0v) is 12.3. The number of nitrogens with zero attached hydrogens (tertiary/aromatic N) is 1. The molecule has 1 atom stereocenters. The second-order valence-corrected chi connectivity index (χ2v) is 5.43. The van der Waals surface area contributed by atoms with Crippen LogP contribution < -0.4 is 10.1 Å². The average molecular weight is 262 g/mol. The van der Waals surface area contributed by atoms with Crippen molar-refractivity contribution in [3.8, 4) is 5.75 Å². The number of amides is 2. The van der Waals surface area contributed by atoms with E-state index in [1.165, 1.54) is 5.56 Å². The molecule has 0 aromatic heterocycles. The van der Waals surface area contributed by atoms with Gasteiger partial charge in [-0.05, 0) is 50.5 Å². The number of hydrogen-bond acceptors (Lipinski definition) is 2. The first-order chi connectivity index (χ1) is 8.93. The summed E-state index contributed by atoms with van der Waals surface area (Å²) >= 11 is 0. The Morgan fingerprint density at radius 1 is 1.32 bits per heavy atom. The van der Waals surface area contributed by atoms with Crippen molar-refractivity contribution in [3.05, 3.63) is 28.8 Å². The maximum atomic E-state index is 11.9. The lowest BCUT2D eigenvalue weighted by Gasteiger charge is -2.20. The zero-order chi connectivity index (χ0) is 14.2. The SMILES string of the molecule is COc1cc(C)c(C2CN(C(C)C)C(=O)N2)cc1C. The molecule has 0 saturated carbocycles. The third-order valence-corrected chi connectivity index (χ3v) is 3.72. The van der Waals surface area contributed by atoms with Crippen molar-refractivity contribution in [2.75, 3.05) is 13.7 Å². The predicted octanol–water partition coefficient (Wildman–Crippen LogP) is 2.79. The van der Waals surface area contributed by atoms with Crippen molar-refractivity contribution in [1.29, 1.82) is 0 Å². The summed E-state index contributed by atoms with van der Waals surface area (Å²) in [6.45, 7) is 8.88. The highest BCUT2D eigenvalue weighted by Crippen LogP contribution is 2.29. The molecule has 1 saturated heterocycles. The lowest BCUT2D eigenvalue weighted by atomic mass is 9.98. The number of aryl methyl sites for hydroxylation is 2. The highest BCUT2D eigenvalue weighted by atomic mass is 16.5. The van der Waals surface area contributed by atoms with Gasteiger partial charge in [-0.15, -0.1) is 0 Å². The monoisotopic (exact) mass is 262 g/mol. The molecule has 4 nitrogen and oxygen atoms in total. The Balaban J connectivity index is 2.29. The Hall–Kier alpha value is -1.71. The Morgan fingerprint density at radius 2 is 2.00 bits per heavy atom. The van der Waals surface area contributed by atoms with Crippen molar-refractivity contribution in [3.63, 3.8) is 0 Å². The van der Waals surface area contributed by atoms with Crippen LogP contribution >= 0.6 is 0 Å². The van der Waals surface area contributed by atoms with E-state index in [9.17, 15) is 4.79 Å². The van der Waals surface area contributed by atoms with Crippen LogP contribution in [0.3, 0.4) is 0 Å². The largest absolute Gasteiger partial charge is 0.496 e. The fourth-order valence-electron chi connectivity index (χ4n) is 2.59. The van der Waals surface area contributed by atoms with E-state index in [2.05, 4.69) is 18.3 Å². The van der Waals surface area contributed by atoms with Crippen molar-refractivity contribution >= 4 is 6.03 Å². The van der Waals surface area contributed by atoms with E-state index in [1.54, 1.807) is 7.11 Å². The van der Waals surface area contributed by atoms with Crippen LogP contribution in [-0.2, 0) is 0 Å². The van der Waals surface area contributed by atoms with E-state index in [0.29, 0.717) is 0 Å². The minimum absolute atomic E-state index is 0.0212. The summed E-state index contributed by atoms with van der Waals surface area (Å²) in [5, 5.41) is 3.05. The molecule has 1 N–H and O–H groups in total.